The Hall–Kier alpha value is -2.32. The molecule has 0 saturated carbocycles. The maximum Gasteiger partial charge on any atom is 0.417 e. The molecule has 1 aromatic carbocycles. The lowest BCUT2D eigenvalue weighted by Crippen LogP contribution is -2.42. The zero-order valence-electron chi connectivity index (χ0n) is 19.8. The Balaban J connectivity index is 1.24. The molecule has 2 aliphatic rings. The van der Waals surface area contributed by atoms with Crippen LogP contribution in [0.5, 0.6) is 0 Å². The van der Waals surface area contributed by atoms with Crippen molar-refractivity contribution in [1.82, 2.24) is 14.8 Å². The molecule has 2 saturated heterocycles. The van der Waals surface area contributed by atoms with Gasteiger partial charge in [-0.25, -0.2) is 0 Å². The number of nitrogens with zero attached hydrogens (tertiary/aromatic N) is 4. The Morgan fingerprint density at radius 3 is 2.60 bits per heavy atom. The average molecular weight is 509 g/mol. The molecule has 2 fully saturated rings. The summed E-state index contributed by atoms with van der Waals surface area (Å²) in [7, 11) is 0. The lowest BCUT2D eigenvalue weighted by Gasteiger charge is -2.33. The van der Waals surface area contributed by atoms with Gasteiger partial charge >= 0.3 is 6.18 Å². The number of piperidine rings is 1. The first-order valence-electron chi connectivity index (χ1n) is 12.3. The van der Waals surface area contributed by atoms with Crippen LogP contribution in [0.4, 0.5) is 18.9 Å². The summed E-state index contributed by atoms with van der Waals surface area (Å²) in [5.74, 6) is 0.291. The van der Waals surface area contributed by atoms with Crippen molar-refractivity contribution in [3.05, 3.63) is 58.9 Å². The van der Waals surface area contributed by atoms with E-state index >= 15 is 0 Å². The van der Waals surface area contributed by atoms with Gasteiger partial charge in [-0.2, -0.15) is 13.2 Å². The number of carbonyl (C=O) groups is 1. The van der Waals surface area contributed by atoms with Gasteiger partial charge in [0.05, 0.1) is 5.56 Å². The minimum absolute atomic E-state index is 0.135. The van der Waals surface area contributed by atoms with E-state index in [-0.39, 0.29) is 11.8 Å². The molecule has 1 amide bonds. The number of anilines is 1. The van der Waals surface area contributed by atoms with Crippen molar-refractivity contribution in [1.29, 1.82) is 0 Å². The quantitative estimate of drug-likeness (QED) is 0.542. The highest BCUT2D eigenvalue weighted by molar-refractivity contribution is 6.30. The first-order valence-corrected chi connectivity index (χ1v) is 12.7. The number of amides is 1. The summed E-state index contributed by atoms with van der Waals surface area (Å²) in [4.78, 5) is 23.3. The Bertz CT molecular complexity index is 985. The van der Waals surface area contributed by atoms with Crippen molar-refractivity contribution >= 4 is 23.2 Å². The van der Waals surface area contributed by atoms with Gasteiger partial charge in [-0.1, -0.05) is 11.6 Å². The molecule has 2 aliphatic heterocycles. The predicted octanol–water partition coefficient (Wildman–Crippen LogP) is 5.14. The number of rotatable bonds is 6. The van der Waals surface area contributed by atoms with E-state index in [2.05, 4.69) is 14.8 Å². The van der Waals surface area contributed by atoms with Crippen molar-refractivity contribution in [2.45, 2.75) is 38.3 Å². The van der Waals surface area contributed by atoms with E-state index in [1.807, 2.05) is 29.2 Å². The van der Waals surface area contributed by atoms with E-state index in [1.54, 1.807) is 0 Å². The summed E-state index contributed by atoms with van der Waals surface area (Å²) in [5.41, 5.74) is 1.03. The van der Waals surface area contributed by atoms with Crippen molar-refractivity contribution in [3.63, 3.8) is 0 Å². The van der Waals surface area contributed by atoms with Crippen LogP contribution >= 0.6 is 11.6 Å². The van der Waals surface area contributed by atoms with Gasteiger partial charge in [0.25, 0.3) is 0 Å². The van der Waals surface area contributed by atoms with E-state index in [0.29, 0.717) is 24.9 Å². The summed E-state index contributed by atoms with van der Waals surface area (Å²) in [5, 5.41) is 0.732. The molecule has 5 nitrogen and oxygen atoms in total. The Morgan fingerprint density at radius 1 is 1.03 bits per heavy atom. The summed E-state index contributed by atoms with van der Waals surface area (Å²) in [6.07, 6.45) is 1.77. The summed E-state index contributed by atoms with van der Waals surface area (Å²) in [6.45, 7) is 5.80. The van der Waals surface area contributed by atoms with Crippen LogP contribution in [0.25, 0.3) is 0 Å². The van der Waals surface area contributed by atoms with Crippen LogP contribution in [0.3, 0.4) is 0 Å². The smallest absolute Gasteiger partial charge is 0.370 e. The summed E-state index contributed by atoms with van der Waals surface area (Å²) in [6, 6.07) is 9.09. The molecule has 3 heterocycles. The molecule has 0 bridgehead atoms. The fraction of sp³-hybridized carbons (Fsp3) is 0.538. The number of halogens is 4. The molecule has 0 radical (unpaired) electrons. The van der Waals surface area contributed by atoms with E-state index in [4.69, 9.17) is 11.6 Å². The van der Waals surface area contributed by atoms with E-state index in [0.717, 1.165) is 69.8 Å². The summed E-state index contributed by atoms with van der Waals surface area (Å²) >= 11 is 6.01. The second kappa shape index (κ2) is 11.6. The number of hydrogen-bond acceptors (Lipinski definition) is 4. The number of aromatic nitrogens is 1. The Kier molecular flexibility index (Phi) is 8.55. The van der Waals surface area contributed by atoms with Crippen LogP contribution < -0.4 is 4.90 Å². The lowest BCUT2D eigenvalue weighted by atomic mass is 9.91. The fourth-order valence-corrected chi connectivity index (χ4v) is 5.19. The van der Waals surface area contributed by atoms with Gasteiger partial charge in [-0.05, 0) is 74.0 Å². The maximum atomic E-state index is 13.0. The summed E-state index contributed by atoms with van der Waals surface area (Å²) < 4.78 is 39.0. The monoisotopic (exact) mass is 508 g/mol. The first kappa shape index (κ1) is 25.8. The van der Waals surface area contributed by atoms with Gasteiger partial charge in [0.1, 0.15) is 0 Å². The van der Waals surface area contributed by atoms with Crippen LogP contribution in [0, 0.1) is 5.92 Å². The number of likely N-dealkylation sites (tertiary alicyclic amines) is 1. The molecule has 0 unspecified atom stereocenters. The molecule has 0 N–H and O–H groups in total. The van der Waals surface area contributed by atoms with E-state index < -0.39 is 11.7 Å². The van der Waals surface area contributed by atoms with Crippen LogP contribution in [-0.4, -0.2) is 66.5 Å². The predicted molar refractivity (Wildman–Crippen MR) is 132 cm³/mol. The number of carbonyl (C=O) groups excluding carboxylic acids is 1. The highest BCUT2D eigenvalue weighted by atomic mass is 35.5. The molecule has 190 valence electrons. The number of hydrogen-bond donors (Lipinski definition) is 0. The SMILES string of the molecule is O=C(CCN1CCCN(c2ccc(Cl)cc2)CC1)N1CCC[C@H](Cc2cncc(C(F)(F)F)c2)C1. The highest BCUT2D eigenvalue weighted by Gasteiger charge is 2.31. The fourth-order valence-electron chi connectivity index (χ4n) is 5.06. The van der Waals surface area contributed by atoms with Gasteiger partial charge in [0.2, 0.25) is 5.91 Å². The molecule has 1 aromatic heterocycles. The average Bonchev–Trinajstić information content (AvgIpc) is 3.09. The van der Waals surface area contributed by atoms with Gasteiger partial charge in [0.15, 0.2) is 0 Å². The minimum atomic E-state index is -4.39. The van der Waals surface area contributed by atoms with Crippen molar-refractivity contribution in [2.75, 3.05) is 50.7 Å². The normalized spacial score (nSPS) is 20.1. The molecule has 2 aromatic rings. The van der Waals surface area contributed by atoms with Crippen molar-refractivity contribution in [2.24, 2.45) is 5.92 Å². The van der Waals surface area contributed by atoms with Crippen LogP contribution in [0.15, 0.2) is 42.7 Å². The van der Waals surface area contributed by atoms with Gasteiger partial charge in [0, 0.05) is 68.8 Å². The van der Waals surface area contributed by atoms with E-state index in [1.165, 1.54) is 18.0 Å². The van der Waals surface area contributed by atoms with Crippen LogP contribution in [0.2, 0.25) is 5.02 Å². The second-order valence-electron chi connectivity index (χ2n) is 9.54. The molecule has 9 heteroatoms. The number of pyridine rings is 1. The standard InChI is InChI=1S/C26H32ClF3N4O/c27-23-4-6-24(7-5-23)33-11-2-9-32(13-14-33)12-8-25(35)34-10-1-3-20(19-34)15-21-16-22(18-31-17-21)26(28,29)30/h4-7,16-18,20H,1-3,8-15,19H2/t20-/m1/s1. The topological polar surface area (TPSA) is 39.7 Å². The van der Waals surface area contributed by atoms with Gasteiger partial charge < -0.3 is 14.7 Å². The van der Waals surface area contributed by atoms with Crippen LogP contribution in [0.1, 0.15) is 36.8 Å². The van der Waals surface area contributed by atoms with Crippen LogP contribution in [-0.2, 0) is 17.4 Å². The van der Waals surface area contributed by atoms with Gasteiger partial charge in [-0.15, -0.1) is 0 Å². The zero-order valence-corrected chi connectivity index (χ0v) is 20.6. The zero-order chi connectivity index (χ0) is 24.8. The van der Waals surface area contributed by atoms with E-state index in [9.17, 15) is 18.0 Å². The molecule has 1 atom stereocenters. The third kappa shape index (κ3) is 7.34. The maximum absolute atomic E-state index is 13.0. The number of alkyl halides is 3. The second-order valence-corrected chi connectivity index (χ2v) is 9.98. The molecular weight excluding hydrogens is 477 g/mol. The largest absolute Gasteiger partial charge is 0.417 e. The number of benzene rings is 1. The minimum Gasteiger partial charge on any atom is -0.370 e. The van der Waals surface area contributed by atoms with Crippen molar-refractivity contribution < 1.29 is 18.0 Å². The molecule has 0 aliphatic carbocycles. The van der Waals surface area contributed by atoms with Crippen molar-refractivity contribution in [3.8, 4) is 0 Å². The molecule has 35 heavy (non-hydrogen) atoms. The first-order chi connectivity index (χ1) is 16.8. The molecular formula is C26H32ClF3N4O. The molecule has 4 rings (SSSR count). The third-order valence-corrected chi connectivity index (χ3v) is 7.19. The highest BCUT2D eigenvalue weighted by Crippen LogP contribution is 2.30. The molecule has 0 spiro atoms. The van der Waals surface area contributed by atoms with Gasteiger partial charge in [-0.3, -0.25) is 9.78 Å². The lowest BCUT2D eigenvalue weighted by molar-refractivity contribution is -0.138. The third-order valence-electron chi connectivity index (χ3n) is 6.94. The Morgan fingerprint density at radius 2 is 1.83 bits per heavy atom. The Labute approximate surface area is 209 Å².